The van der Waals surface area contributed by atoms with E-state index >= 15 is 0 Å². The van der Waals surface area contributed by atoms with Crippen molar-refractivity contribution >= 4 is 10.0 Å². The zero-order valence-corrected chi connectivity index (χ0v) is 13.6. The van der Waals surface area contributed by atoms with Gasteiger partial charge in [-0.2, -0.15) is 4.31 Å². The van der Waals surface area contributed by atoms with Gasteiger partial charge in [0.05, 0.1) is 12.4 Å². The Hall–Kier alpha value is -0.950. The highest BCUT2D eigenvalue weighted by Crippen LogP contribution is 2.10. The molecule has 0 aliphatic heterocycles. The third-order valence-corrected chi connectivity index (χ3v) is 4.98. The zero-order valence-electron chi connectivity index (χ0n) is 12.8. The molecule has 5 nitrogen and oxygen atoms in total. The minimum absolute atomic E-state index is 0.0968. The average molecular weight is 314 g/mol. The molecule has 0 saturated carbocycles. The third-order valence-electron chi connectivity index (χ3n) is 3.08. The first kappa shape index (κ1) is 18.1. The second-order valence-electron chi connectivity index (χ2n) is 5.32. The third kappa shape index (κ3) is 7.04. The molecule has 0 aliphatic carbocycles. The summed E-state index contributed by atoms with van der Waals surface area (Å²) in [6.07, 6.45) is 0.567. The van der Waals surface area contributed by atoms with Crippen molar-refractivity contribution in [1.82, 2.24) is 9.62 Å². The maximum Gasteiger partial charge on any atom is 0.214 e. The number of nitrogens with zero attached hydrogens (tertiary/aromatic N) is 1. The Kier molecular flexibility index (Phi) is 7.88. The second-order valence-corrected chi connectivity index (χ2v) is 7.41. The number of hydrogen-bond acceptors (Lipinski definition) is 4. The summed E-state index contributed by atoms with van der Waals surface area (Å²) in [5, 5.41) is 12.3. The number of sulfonamides is 1. The van der Waals surface area contributed by atoms with Crippen molar-refractivity contribution in [2.45, 2.75) is 32.9 Å². The van der Waals surface area contributed by atoms with Crippen molar-refractivity contribution in [2.24, 2.45) is 0 Å². The van der Waals surface area contributed by atoms with Gasteiger partial charge in [0.1, 0.15) is 0 Å². The van der Waals surface area contributed by atoms with Crippen LogP contribution in [0, 0.1) is 0 Å². The first-order valence-corrected chi connectivity index (χ1v) is 8.92. The molecule has 6 heteroatoms. The first-order valence-electron chi connectivity index (χ1n) is 7.31. The highest BCUT2D eigenvalue weighted by molar-refractivity contribution is 7.89. The van der Waals surface area contributed by atoms with Crippen molar-refractivity contribution in [3.63, 3.8) is 0 Å². The van der Waals surface area contributed by atoms with Gasteiger partial charge in [-0.25, -0.2) is 8.42 Å². The standard InChI is InChI=1S/C15H26N2O3S/c1-14(2)16-9-6-12-21(19,20)17(10-11-18)13-15-7-4-3-5-8-15/h3-5,7-8,14,16,18H,6,9-13H2,1-2H3. The summed E-state index contributed by atoms with van der Waals surface area (Å²) in [4.78, 5) is 0. The van der Waals surface area contributed by atoms with E-state index < -0.39 is 10.0 Å². The van der Waals surface area contributed by atoms with Gasteiger partial charge in [-0.05, 0) is 18.5 Å². The Morgan fingerprint density at radius 1 is 1.24 bits per heavy atom. The van der Waals surface area contributed by atoms with Gasteiger partial charge in [-0.1, -0.05) is 44.2 Å². The largest absolute Gasteiger partial charge is 0.395 e. The maximum atomic E-state index is 12.4. The van der Waals surface area contributed by atoms with Crippen LogP contribution >= 0.6 is 0 Å². The first-order chi connectivity index (χ1) is 9.95. The van der Waals surface area contributed by atoms with E-state index in [0.717, 1.165) is 5.56 Å². The van der Waals surface area contributed by atoms with E-state index in [4.69, 9.17) is 5.11 Å². The van der Waals surface area contributed by atoms with E-state index in [9.17, 15) is 8.42 Å². The number of benzene rings is 1. The molecule has 1 rings (SSSR count). The van der Waals surface area contributed by atoms with E-state index in [1.807, 2.05) is 44.2 Å². The molecule has 0 saturated heterocycles. The van der Waals surface area contributed by atoms with Crippen LogP contribution in [0.4, 0.5) is 0 Å². The zero-order chi connectivity index (χ0) is 15.7. The summed E-state index contributed by atoms with van der Waals surface area (Å²) < 4.78 is 26.1. The van der Waals surface area contributed by atoms with Crippen LogP contribution in [0.25, 0.3) is 0 Å². The molecular formula is C15H26N2O3S. The molecule has 120 valence electrons. The van der Waals surface area contributed by atoms with Crippen molar-refractivity contribution in [1.29, 1.82) is 0 Å². The molecule has 0 unspecified atom stereocenters. The van der Waals surface area contributed by atoms with E-state index in [-0.39, 0.29) is 18.9 Å². The molecule has 0 atom stereocenters. The summed E-state index contributed by atoms with van der Waals surface area (Å²) in [7, 11) is -3.35. The summed E-state index contributed by atoms with van der Waals surface area (Å²) in [6, 6.07) is 9.79. The van der Waals surface area contributed by atoms with Crippen LogP contribution in [-0.2, 0) is 16.6 Å². The molecule has 0 radical (unpaired) electrons. The van der Waals surface area contributed by atoms with E-state index in [0.29, 0.717) is 25.6 Å². The lowest BCUT2D eigenvalue weighted by molar-refractivity contribution is 0.251. The predicted molar refractivity (Wildman–Crippen MR) is 85.5 cm³/mol. The van der Waals surface area contributed by atoms with Crippen LogP contribution < -0.4 is 5.32 Å². The SMILES string of the molecule is CC(C)NCCCS(=O)(=O)N(CCO)Cc1ccccc1. The van der Waals surface area contributed by atoms with Crippen LogP contribution in [0.15, 0.2) is 30.3 Å². The fourth-order valence-electron chi connectivity index (χ4n) is 1.99. The summed E-state index contributed by atoms with van der Waals surface area (Å²) in [5.74, 6) is 0.0968. The average Bonchev–Trinajstić information content (AvgIpc) is 2.44. The Balaban J connectivity index is 2.60. The predicted octanol–water partition coefficient (Wildman–Crippen LogP) is 1.20. The molecule has 0 bridgehead atoms. The minimum atomic E-state index is -3.35. The Bertz CT molecular complexity index is 489. The maximum absolute atomic E-state index is 12.4. The van der Waals surface area contributed by atoms with Gasteiger partial charge < -0.3 is 10.4 Å². The van der Waals surface area contributed by atoms with Crippen LogP contribution in [0.1, 0.15) is 25.8 Å². The van der Waals surface area contributed by atoms with Crippen LogP contribution in [0.5, 0.6) is 0 Å². The number of rotatable bonds is 10. The Labute approximate surface area is 128 Å². The van der Waals surface area contributed by atoms with Crippen molar-refractivity contribution in [2.75, 3.05) is 25.4 Å². The van der Waals surface area contributed by atoms with Crippen LogP contribution in [-0.4, -0.2) is 49.3 Å². The lowest BCUT2D eigenvalue weighted by Gasteiger charge is -2.21. The normalized spacial score (nSPS) is 12.2. The fourth-order valence-corrected chi connectivity index (χ4v) is 3.46. The van der Waals surface area contributed by atoms with Gasteiger partial charge in [0.15, 0.2) is 0 Å². The molecule has 1 aromatic rings. The summed E-state index contributed by atoms with van der Waals surface area (Å²) in [6.45, 7) is 5.01. The Morgan fingerprint density at radius 3 is 2.48 bits per heavy atom. The number of aliphatic hydroxyl groups excluding tert-OH is 1. The Morgan fingerprint density at radius 2 is 1.90 bits per heavy atom. The fraction of sp³-hybridized carbons (Fsp3) is 0.600. The molecule has 0 amide bonds. The molecular weight excluding hydrogens is 288 g/mol. The van der Waals surface area contributed by atoms with E-state index in [2.05, 4.69) is 5.32 Å². The van der Waals surface area contributed by atoms with Crippen LogP contribution in [0.2, 0.25) is 0 Å². The molecule has 0 spiro atoms. The highest BCUT2D eigenvalue weighted by atomic mass is 32.2. The van der Waals surface area contributed by atoms with Crippen molar-refractivity contribution in [3.05, 3.63) is 35.9 Å². The van der Waals surface area contributed by atoms with Crippen molar-refractivity contribution in [3.8, 4) is 0 Å². The van der Waals surface area contributed by atoms with E-state index in [1.54, 1.807) is 0 Å². The lowest BCUT2D eigenvalue weighted by atomic mass is 10.2. The second kappa shape index (κ2) is 9.15. The van der Waals surface area contributed by atoms with Gasteiger partial charge in [0.2, 0.25) is 10.0 Å². The number of aliphatic hydroxyl groups is 1. The number of hydrogen-bond donors (Lipinski definition) is 2. The topological polar surface area (TPSA) is 69.6 Å². The molecule has 2 N–H and O–H groups in total. The molecule has 1 aromatic carbocycles. The van der Waals surface area contributed by atoms with Gasteiger partial charge in [0, 0.05) is 19.1 Å². The van der Waals surface area contributed by atoms with Crippen LogP contribution in [0.3, 0.4) is 0 Å². The summed E-state index contributed by atoms with van der Waals surface area (Å²) in [5.41, 5.74) is 0.926. The lowest BCUT2D eigenvalue weighted by Crippen LogP contribution is -2.36. The van der Waals surface area contributed by atoms with E-state index in [1.165, 1.54) is 4.31 Å². The molecule has 0 aromatic heterocycles. The minimum Gasteiger partial charge on any atom is -0.395 e. The van der Waals surface area contributed by atoms with Gasteiger partial charge in [-0.15, -0.1) is 0 Å². The number of nitrogens with one attached hydrogen (secondary N) is 1. The van der Waals surface area contributed by atoms with Gasteiger partial charge in [0.25, 0.3) is 0 Å². The van der Waals surface area contributed by atoms with Crippen molar-refractivity contribution < 1.29 is 13.5 Å². The quantitative estimate of drug-likeness (QED) is 0.637. The van der Waals surface area contributed by atoms with Gasteiger partial charge in [-0.3, -0.25) is 0 Å². The smallest absolute Gasteiger partial charge is 0.214 e. The molecule has 0 heterocycles. The molecule has 0 fully saturated rings. The summed E-state index contributed by atoms with van der Waals surface area (Å²) >= 11 is 0. The molecule has 21 heavy (non-hydrogen) atoms. The monoisotopic (exact) mass is 314 g/mol. The highest BCUT2D eigenvalue weighted by Gasteiger charge is 2.21. The van der Waals surface area contributed by atoms with Gasteiger partial charge >= 0.3 is 0 Å². The molecule has 0 aliphatic rings.